The summed E-state index contributed by atoms with van der Waals surface area (Å²) in [7, 11) is 0. The molecule has 1 saturated heterocycles. The van der Waals surface area contributed by atoms with Crippen molar-refractivity contribution in [3.8, 4) is 0 Å². The summed E-state index contributed by atoms with van der Waals surface area (Å²) in [6.07, 6.45) is 7.66. The molecule has 16 heavy (non-hydrogen) atoms. The van der Waals surface area contributed by atoms with Crippen molar-refractivity contribution in [2.45, 2.75) is 44.6 Å². The van der Waals surface area contributed by atoms with E-state index in [1.165, 1.54) is 32.1 Å². The SMILES string of the molecule is NC1CC1C(=O)N1CCC2CCCCC2C1. The smallest absolute Gasteiger partial charge is 0.227 e. The van der Waals surface area contributed by atoms with Crippen molar-refractivity contribution >= 4 is 5.91 Å². The molecule has 1 heterocycles. The Morgan fingerprint density at radius 3 is 2.50 bits per heavy atom. The normalized spacial score (nSPS) is 42.7. The molecule has 3 nitrogen and oxygen atoms in total. The summed E-state index contributed by atoms with van der Waals surface area (Å²) in [5.41, 5.74) is 5.76. The van der Waals surface area contributed by atoms with Crippen LogP contribution in [-0.2, 0) is 4.79 Å². The molecule has 2 aliphatic carbocycles. The van der Waals surface area contributed by atoms with Gasteiger partial charge in [-0.2, -0.15) is 0 Å². The van der Waals surface area contributed by atoms with Crippen LogP contribution < -0.4 is 5.73 Å². The van der Waals surface area contributed by atoms with Gasteiger partial charge in [0.1, 0.15) is 0 Å². The molecule has 3 heteroatoms. The number of piperidine rings is 1. The van der Waals surface area contributed by atoms with Crippen molar-refractivity contribution in [3.63, 3.8) is 0 Å². The lowest BCUT2D eigenvalue weighted by Crippen LogP contribution is -2.45. The Morgan fingerprint density at radius 2 is 1.81 bits per heavy atom. The van der Waals surface area contributed by atoms with Crippen LogP contribution in [0.15, 0.2) is 0 Å². The number of amides is 1. The molecule has 90 valence electrons. The minimum absolute atomic E-state index is 0.163. The second-order valence-corrected chi connectivity index (χ2v) is 5.88. The third kappa shape index (κ3) is 1.86. The summed E-state index contributed by atoms with van der Waals surface area (Å²) in [4.78, 5) is 14.2. The largest absolute Gasteiger partial charge is 0.342 e. The first-order valence-electron chi connectivity index (χ1n) is 6.80. The highest BCUT2D eigenvalue weighted by Gasteiger charge is 2.44. The van der Waals surface area contributed by atoms with E-state index < -0.39 is 0 Å². The molecule has 2 saturated carbocycles. The van der Waals surface area contributed by atoms with Crippen LogP contribution in [0.5, 0.6) is 0 Å². The fourth-order valence-electron chi connectivity index (χ4n) is 3.53. The molecule has 0 bridgehead atoms. The number of rotatable bonds is 1. The molecule has 0 spiro atoms. The predicted octanol–water partition coefficient (Wildman–Crippen LogP) is 1.37. The second kappa shape index (κ2) is 4.02. The topological polar surface area (TPSA) is 46.3 Å². The van der Waals surface area contributed by atoms with Crippen LogP contribution >= 0.6 is 0 Å². The van der Waals surface area contributed by atoms with Crippen LogP contribution in [0.25, 0.3) is 0 Å². The quantitative estimate of drug-likeness (QED) is 0.728. The fourth-order valence-corrected chi connectivity index (χ4v) is 3.53. The van der Waals surface area contributed by atoms with Gasteiger partial charge in [-0.05, 0) is 31.1 Å². The van der Waals surface area contributed by atoms with Gasteiger partial charge in [-0.25, -0.2) is 0 Å². The molecule has 4 atom stereocenters. The van der Waals surface area contributed by atoms with Crippen molar-refractivity contribution in [2.24, 2.45) is 23.5 Å². The number of nitrogens with zero attached hydrogens (tertiary/aromatic N) is 1. The Hall–Kier alpha value is -0.570. The third-order valence-electron chi connectivity index (χ3n) is 4.76. The van der Waals surface area contributed by atoms with E-state index in [1.54, 1.807) is 0 Å². The Labute approximate surface area is 97.4 Å². The van der Waals surface area contributed by atoms with Crippen molar-refractivity contribution < 1.29 is 4.79 Å². The summed E-state index contributed by atoms with van der Waals surface area (Å²) in [6, 6.07) is 0.163. The van der Waals surface area contributed by atoms with E-state index in [0.29, 0.717) is 5.91 Å². The van der Waals surface area contributed by atoms with Crippen molar-refractivity contribution in [2.75, 3.05) is 13.1 Å². The zero-order chi connectivity index (χ0) is 11.1. The van der Waals surface area contributed by atoms with Crippen LogP contribution in [0, 0.1) is 17.8 Å². The number of carbonyl (C=O) groups is 1. The lowest BCUT2D eigenvalue weighted by atomic mass is 9.75. The molecule has 1 amide bonds. The fraction of sp³-hybridized carbons (Fsp3) is 0.923. The van der Waals surface area contributed by atoms with Crippen LogP contribution in [0.3, 0.4) is 0 Å². The number of hydrogen-bond donors (Lipinski definition) is 1. The second-order valence-electron chi connectivity index (χ2n) is 5.88. The standard InChI is InChI=1S/C13H22N2O/c14-12-7-11(12)13(16)15-6-5-9-3-1-2-4-10(9)8-15/h9-12H,1-8,14H2. The molecule has 0 aromatic rings. The first-order chi connectivity index (χ1) is 7.75. The number of likely N-dealkylation sites (tertiary alicyclic amines) is 1. The number of fused-ring (bicyclic) bond motifs is 1. The van der Waals surface area contributed by atoms with Crippen molar-refractivity contribution in [3.05, 3.63) is 0 Å². The van der Waals surface area contributed by atoms with Crippen LogP contribution in [0.1, 0.15) is 38.5 Å². The first-order valence-corrected chi connectivity index (χ1v) is 6.80. The Balaban J connectivity index is 1.60. The molecule has 2 N–H and O–H groups in total. The Kier molecular flexibility index (Phi) is 2.66. The molecular formula is C13H22N2O. The van der Waals surface area contributed by atoms with Gasteiger partial charge < -0.3 is 10.6 Å². The number of nitrogens with two attached hydrogens (primary N) is 1. The lowest BCUT2D eigenvalue weighted by Gasteiger charge is -2.41. The van der Waals surface area contributed by atoms with E-state index in [0.717, 1.165) is 31.3 Å². The average molecular weight is 222 g/mol. The molecule has 0 aromatic carbocycles. The maximum Gasteiger partial charge on any atom is 0.227 e. The van der Waals surface area contributed by atoms with Crippen LogP contribution in [-0.4, -0.2) is 29.9 Å². The molecule has 3 aliphatic rings. The minimum atomic E-state index is 0.163. The van der Waals surface area contributed by atoms with E-state index in [9.17, 15) is 4.79 Å². The maximum atomic E-state index is 12.1. The monoisotopic (exact) mass is 222 g/mol. The summed E-state index contributed by atoms with van der Waals surface area (Å²) in [6.45, 7) is 2.01. The van der Waals surface area contributed by atoms with Crippen LogP contribution in [0.2, 0.25) is 0 Å². The Morgan fingerprint density at radius 1 is 1.12 bits per heavy atom. The van der Waals surface area contributed by atoms with Gasteiger partial charge in [-0.15, -0.1) is 0 Å². The van der Waals surface area contributed by atoms with E-state index in [4.69, 9.17) is 5.73 Å². The summed E-state index contributed by atoms with van der Waals surface area (Å²) in [5, 5.41) is 0. The number of hydrogen-bond acceptors (Lipinski definition) is 2. The summed E-state index contributed by atoms with van der Waals surface area (Å²) < 4.78 is 0. The highest BCUT2D eigenvalue weighted by molar-refractivity contribution is 5.82. The van der Waals surface area contributed by atoms with Gasteiger partial charge in [0.05, 0.1) is 5.92 Å². The molecule has 0 aromatic heterocycles. The zero-order valence-corrected chi connectivity index (χ0v) is 9.90. The van der Waals surface area contributed by atoms with Gasteiger partial charge in [0, 0.05) is 19.1 Å². The Bertz CT molecular complexity index is 292. The van der Waals surface area contributed by atoms with Gasteiger partial charge in [0.15, 0.2) is 0 Å². The first kappa shape index (κ1) is 10.6. The highest BCUT2D eigenvalue weighted by Crippen LogP contribution is 2.38. The van der Waals surface area contributed by atoms with E-state index in [-0.39, 0.29) is 12.0 Å². The summed E-state index contributed by atoms with van der Waals surface area (Å²) in [5.74, 6) is 2.21. The van der Waals surface area contributed by atoms with E-state index in [2.05, 4.69) is 4.90 Å². The van der Waals surface area contributed by atoms with Gasteiger partial charge in [-0.3, -0.25) is 4.79 Å². The molecule has 0 radical (unpaired) electrons. The average Bonchev–Trinajstić information content (AvgIpc) is 3.05. The molecular weight excluding hydrogens is 200 g/mol. The zero-order valence-electron chi connectivity index (χ0n) is 9.90. The third-order valence-corrected chi connectivity index (χ3v) is 4.76. The summed E-state index contributed by atoms with van der Waals surface area (Å²) >= 11 is 0. The molecule has 3 rings (SSSR count). The van der Waals surface area contributed by atoms with E-state index in [1.807, 2.05) is 0 Å². The van der Waals surface area contributed by atoms with E-state index >= 15 is 0 Å². The molecule has 4 unspecified atom stereocenters. The van der Waals surface area contributed by atoms with Gasteiger partial charge in [0.2, 0.25) is 5.91 Å². The lowest BCUT2D eigenvalue weighted by molar-refractivity contribution is -0.135. The molecule has 3 fully saturated rings. The highest BCUT2D eigenvalue weighted by atomic mass is 16.2. The van der Waals surface area contributed by atoms with Gasteiger partial charge in [-0.1, -0.05) is 19.3 Å². The van der Waals surface area contributed by atoms with Crippen LogP contribution in [0.4, 0.5) is 0 Å². The van der Waals surface area contributed by atoms with Crippen molar-refractivity contribution in [1.82, 2.24) is 4.90 Å². The number of carbonyl (C=O) groups excluding carboxylic acids is 1. The van der Waals surface area contributed by atoms with Gasteiger partial charge in [0.25, 0.3) is 0 Å². The minimum Gasteiger partial charge on any atom is -0.342 e. The maximum absolute atomic E-state index is 12.1. The predicted molar refractivity (Wildman–Crippen MR) is 62.7 cm³/mol. The van der Waals surface area contributed by atoms with Gasteiger partial charge >= 0.3 is 0 Å². The van der Waals surface area contributed by atoms with Crippen molar-refractivity contribution in [1.29, 1.82) is 0 Å². The molecule has 1 aliphatic heterocycles.